The van der Waals surface area contributed by atoms with Crippen LogP contribution in [-0.2, 0) is 6.18 Å². The van der Waals surface area contributed by atoms with Gasteiger partial charge in [-0.25, -0.2) is 0 Å². The number of thioether (sulfide) groups is 1. The molecule has 0 heterocycles. The molecule has 1 aromatic rings. The van der Waals surface area contributed by atoms with Crippen LogP contribution in [0.1, 0.15) is 22.3 Å². The minimum Gasteiger partial charge on any atom is -0.374 e. The number of hydrogen-bond acceptors (Lipinski definition) is 3. The third-order valence-electron chi connectivity index (χ3n) is 2.72. The third-order valence-corrected chi connectivity index (χ3v) is 3.41. The van der Waals surface area contributed by atoms with Gasteiger partial charge in [0.25, 0.3) is 0 Å². The van der Waals surface area contributed by atoms with E-state index >= 15 is 0 Å². The first-order valence-corrected chi connectivity index (χ1v) is 7.16. The predicted molar refractivity (Wildman–Crippen MR) is 73.1 cm³/mol. The minimum absolute atomic E-state index is 0.0357. The monoisotopic (exact) mass is 291 g/mol. The summed E-state index contributed by atoms with van der Waals surface area (Å²) in [6, 6.07) is 3.65. The van der Waals surface area contributed by atoms with Crippen molar-refractivity contribution in [2.45, 2.75) is 12.6 Å². The van der Waals surface area contributed by atoms with Gasteiger partial charge in [0.15, 0.2) is 0 Å². The lowest BCUT2D eigenvalue weighted by atomic mass is 10.1. The van der Waals surface area contributed by atoms with Crippen molar-refractivity contribution in [3.63, 3.8) is 0 Å². The Kier molecular flexibility index (Phi) is 5.72. The third kappa shape index (κ3) is 4.45. The molecule has 0 fully saturated rings. The van der Waals surface area contributed by atoms with Crippen LogP contribution in [0.4, 0.5) is 18.9 Å². The number of nitrogens with zero attached hydrogens (tertiary/aromatic N) is 1. The summed E-state index contributed by atoms with van der Waals surface area (Å²) in [5.41, 5.74) is -0.614. The molecule has 0 radical (unpaired) electrons. The zero-order chi connectivity index (χ0) is 14.5. The van der Waals surface area contributed by atoms with E-state index in [0.717, 1.165) is 18.2 Å². The predicted octanol–water partition coefficient (Wildman–Crippen LogP) is 3.71. The fourth-order valence-electron chi connectivity index (χ4n) is 1.75. The van der Waals surface area contributed by atoms with E-state index in [0.29, 0.717) is 12.8 Å². The summed E-state index contributed by atoms with van der Waals surface area (Å²) in [7, 11) is 1.63. The van der Waals surface area contributed by atoms with Crippen LogP contribution in [-0.4, -0.2) is 31.9 Å². The molecule has 0 N–H and O–H groups in total. The summed E-state index contributed by atoms with van der Waals surface area (Å²) >= 11 is 1.66. The number of benzene rings is 1. The van der Waals surface area contributed by atoms with Gasteiger partial charge in [0.1, 0.15) is 6.29 Å². The number of hydrogen-bond donors (Lipinski definition) is 0. The van der Waals surface area contributed by atoms with E-state index in [1.165, 1.54) is 12.1 Å². The molecular formula is C13H16F3NOS. The lowest BCUT2D eigenvalue weighted by Gasteiger charge is -2.23. The highest BCUT2D eigenvalue weighted by Gasteiger charge is 2.34. The van der Waals surface area contributed by atoms with Crippen molar-refractivity contribution in [2.75, 3.05) is 30.5 Å². The Labute approximate surface area is 115 Å². The summed E-state index contributed by atoms with van der Waals surface area (Å²) < 4.78 is 38.9. The molecule has 0 aliphatic carbocycles. The summed E-state index contributed by atoms with van der Waals surface area (Å²) in [5.74, 6) is 0.901. The lowest BCUT2D eigenvalue weighted by molar-refractivity contribution is -0.137. The molecule has 0 spiro atoms. The van der Waals surface area contributed by atoms with Gasteiger partial charge in [0, 0.05) is 24.8 Å². The van der Waals surface area contributed by atoms with Crippen LogP contribution in [0.2, 0.25) is 0 Å². The van der Waals surface area contributed by atoms with E-state index in [4.69, 9.17) is 0 Å². The number of anilines is 1. The van der Waals surface area contributed by atoms with Crippen molar-refractivity contribution in [2.24, 2.45) is 0 Å². The van der Waals surface area contributed by atoms with Crippen LogP contribution < -0.4 is 4.90 Å². The van der Waals surface area contributed by atoms with Gasteiger partial charge in [0.05, 0.1) is 5.56 Å². The number of carbonyl (C=O) groups excluding carboxylic acids is 1. The molecule has 0 aliphatic heterocycles. The molecule has 0 aliphatic rings. The average Bonchev–Trinajstić information content (AvgIpc) is 2.37. The first-order valence-electron chi connectivity index (χ1n) is 5.76. The van der Waals surface area contributed by atoms with Crippen molar-refractivity contribution in [3.05, 3.63) is 29.3 Å². The maximum atomic E-state index is 13.0. The number of rotatable bonds is 6. The van der Waals surface area contributed by atoms with E-state index in [-0.39, 0.29) is 11.3 Å². The number of halogens is 3. The highest BCUT2D eigenvalue weighted by Crippen LogP contribution is 2.36. The Morgan fingerprint density at radius 3 is 2.58 bits per heavy atom. The quantitative estimate of drug-likeness (QED) is 0.588. The normalized spacial score (nSPS) is 11.4. The standard InChI is InChI=1S/C13H16F3NOS/c1-17(6-3-7-19-2)12-5-4-10(9-18)8-11(12)13(14,15)16/h4-5,8-9H,3,6-7H2,1-2H3. The fourth-order valence-corrected chi connectivity index (χ4v) is 2.17. The van der Waals surface area contributed by atoms with Gasteiger partial charge in [-0.1, -0.05) is 0 Å². The Morgan fingerprint density at radius 1 is 1.37 bits per heavy atom. The second kappa shape index (κ2) is 6.84. The summed E-state index contributed by atoms with van der Waals surface area (Å²) in [6.07, 6.45) is -1.26. The van der Waals surface area contributed by atoms with Crippen molar-refractivity contribution in [1.82, 2.24) is 0 Å². The van der Waals surface area contributed by atoms with Crippen LogP contribution in [0, 0.1) is 0 Å². The molecule has 6 heteroatoms. The SMILES string of the molecule is CSCCCN(C)c1ccc(C=O)cc1C(F)(F)F. The highest BCUT2D eigenvalue weighted by molar-refractivity contribution is 7.98. The Hall–Kier alpha value is -1.17. The molecule has 2 nitrogen and oxygen atoms in total. The van der Waals surface area contributed by atoms with Gasteiger partial charge in [-0.2, -0.15) is 24.9 Å². The summed E-state index contributed by atoms with van der Waals surface area (Å²) in [5, 5.41) is 0. The average molecular weight is 291 g/mol. The second-order valence-corrected chi connectivity index (χ2v) is 5.15. The largest absolute Gasteiger partial charge is 0.418 e. The number of alkyl halides is 3. The number of carbonyl (C=O) groups is 1. The fraction of sp³-hybridized carbons (Fsp3) is 0.462. The molecule has 0 saturated heterocycles. The van der Waals surface area contributed by atoms with Gasteiger partial charge in [-0.05, 0) is 36.6 Å². The second-order valence-electron chi connectivity index (χ2n) is 4.16. The van der Waals surface area contributed by atoms with E-state index in [1.807, 2.05) is 6.26 Å². The summed E-state index contributed by atoms with van der Waals surface area (Å²) in [6.45, 7) is 0.546. The molecule has 0 aromatic heterocycles. The molecule has 0 amide bonds. The first-order chi connectivity index (χ1) is 8.90. The molecule has 0 atom stereocenters. The molecular weight excluding hydrogens is 275 g/mol. The van der Waals surface area contributed by atoms with Crippen LogP contribution in [0.5, 0.6) is 0 Å². The smallest absolute Gasteiger partial charge is 0.374 e. The van der Waals surface area contributed by atoms with Gasteiger partial charge in [-0.15, -0.1) is 0 Å². The van der Waals surface area contributed by atoms with E-state index in [2.05, 4.69) is 0 Å². The molecule has 0 saturated carbocycles. The lowest BCUT2D eigenvalue weighted by Crippen LogP contribution is -2.23. The maximum absolute atomic E-state index is 13.0. The van der Waals surface area contributed by atoms with Gasteiger partial charge in [0.2, 0.25) is 0 Å². The van der Waals surface area contributed by atoms with Crippen molar-refractivity contribution < 1.29 is 18.0 Å². The Bertz CT molecular complexity index is 434. The maximum Gasteiger partial charge on any atom is 0.418 e. The molecule has 1 aromatic carbocycles. The van der Waals surface area contributed by atoms with E-state index < -0.39 is 11.7 Å². The van der Waals surface area contributed by atoms with Crippen molar-refractivity contribution >= 4 is 23.7 Å². The van der Waals surface area contributed by atoms with E-state index in [9.17, 15) is 18.0 Å². The van der Waals surface area contributed by atoms with Crippen LogP contribution in [0.3, 0.4) is 0 Å². The van der Waals surface area contributed by atoms with Crippen molar-refractivity contribution in [3.8, 4) is 0 Å². The first kappa shape index (κ1) is 15.9. The minimum atomic E-state index is -4.46. The molecule has 106 valence electrons. The zero-order valence-corrected chi connectivity index (χ0v) is 11.6. The van der Waals surface area contributed by atoms with Gasteiger partial charge < -0.3 is 4.90 Å². The topological polar surface area (TPSA) is 20.3 Å². The van der Waals surface area contributed by atoms with Gasteiger partial charge >= 0.3 is 6.18 Å². The van der Waals surface area contributed by atoms with E-state index in [1.54, 1.807) is 23.7 Å². The summed E-state index contributed by atoms with van der Waals surface area (Å²) in [4.78, 5) is 12.2. The molecule has 0 unspecified atom stereocenters. The Morgan fingerprint density at radius 2 is 2.05 bits per heavy atom. The molecule has 0 bridgehead atoms. The molecule has 19 heavy (non-hydrogen) atoms. The molecule has 1 rings (SSSR count). The highest BCUT2D eigenvalue weighted by atomic mass is 32.2. The van der Waals surface area contributed by atoms with Crippen LogP contribution in [0.25, 0.3) is 0 Å². The van der Waals surface area contributed by atoms with Crippen LogP contribution >= 0.6 is 11.8 Å². The Balaban J connectivity index is 3.02. The zero-order valence-electron chi connectivity index (χ0n) is 10.8. The number of aldehydes is 1. The van der Waals surface area contributed by atoms with Crippen molar-refractivity contribution in [1.29, 1.82) is 0 Å². The van der Waals surface area contributed by atoms with Gasteiger partial charge in [-0.3, -0.25) is 4.79 Å². The van der Waals surface area contributed by atoms with Crippen LogP contribution in [0.15, 0.2) is 18.2 Å².